The summed E-state index contributed by atoms with van der Waals surface area (Å²) in [5.41, 5.74) is 2.07. The molecule has 1 aliphatic heterocycles. The molecule has 6 nitrogen and oxygen atoms in total. The van der Waals surface area contributed by atoms with E-state index in [1.807, 2.05) is 12.1 Å². The molecule has 0 radical (unpaired) electrons. The topological polar surface area (TPSA) is 69.1 Å². The van der Waals surface area contributed by atoms with Crippen LogP contribution in [0, 0.1) is 0 Å². The van der Waals surface area contributed by atoms with Gasteiger partial charge in [0.15, 0.2) is 17.5 Å². The highest BCUT2D eigenvalue weighted by molar-refractivity contribution is 14.0. The van der Waals surface area contributed by atoms with E-state index in [9.17, 15) is 5.11 Å². The van der Waals surface area contributed by atoms with Crippen LogP contribution >= 0.6 is 24.0 Å². The predicted octanol–water partition coefficient (Wildman–Crippen LogP) is 3.16. The van der Waals surface area contributed by atoms with Crippen molar-refractivity contribution in [3.63, 3.8) is 0 Å². The third-order valence-electron chi connectivity index (χ3n) is 4.72. The van der Waals surface area contributed by atoms with E-state index in [0.29, 0.717) is 24.8 Å². The molecule has 0 atom stereocenters. The highest BCUT2D eigenvalue weighted by atomic mass is 127. The van der Waals surface area contributed by atoms with Crippen LogP contribution < -0.4 is 15.4 Å². The van der Waals surface area contributed by atoms with Crippen LogP contribution in [0.25, 0.3) is 0 Å². The average molecular weight is 502 g/mol. The van der Waals surface area contributed by atoms with Crippen LogP contribution in [0.15, 0.2) is 35.3 Å². The molecule has 158 valence electrons. The van der Waals surface area contributed by atoms with Crippen LogP contribution in [0.5, 0.6) is 11.5 Å². The molecule has 0 saturated carbocycles. The van der Waals surface area contributed by atoms with Crippen LogP contribution in [-0.2, 0) is 6.42 Å². The van der Waals surface area contributed by atoms with E-state index in [-0.39, 0.29) is 29.7 Å². The summed E-state index contributed by atoms with van der Waals surface area (Å²) in [5.74, 6) is 1.55. The summed E-state index contributed by atoms with van der Waals surface area (Å²) in [6.45, 7) is 12.7. The van der Waals surface area contributed by atoms with Crippen molar-refractivity contribution in [3.05, 3.63) is 35.9 Å². The second-order valence-corrected chi connectivity index (χ2v) is 7.13. The lowest BCUT2D eigenvalue weighted by molar-refractivity contribution is 0.221. The molecule has 2 rings (SSSR count). The van der Waals surface area contributed by atoms with Gasteiger partial charge in [0.1, 0.15) is 0 Å². The zero-order chi connectivity index (χ0) is 19.6. The third-order valence-corrected chi connectivity index (χ3v) is 4.72. The second kappa shape index (κ2) is 12.9. The largest absolute Gasteiger partial charge is 0.504 e. The van der Waals surface area contributed by atoms with E-state index in [4.69, 9.17) is 4.74 Å². The van der Waals surface area contributed by atoms with E-state index >= 15 is 0 Å². The first-order valence-corrected chi connectivity index (χ1v) is 9.80. The maximum atomic E-state index is 10.2. The molecule has 0 spiro atoms. The van der Waals surface area contributed by atoms with Gasteiger partial charge in [0.05, 0.1) is 7.11 Å². The monoisotopic (exact) mass is 502 g/mol. The van der Waals surface area contributed by atoms with E-state index < -0.39 is 0 Å². The Morgan fingerprint density at radius 3 is 2.68 bits per heavy atom. The minimum Gasteiger partial charge on any atom is -0.504 e. The van der Waals surface area contributed by atoms with Gasteiger partial charge in [-0.3, -0.25) is 9.89 Å². The number of methoxy groups -OCH3 is 1. The van der Waals surface area contributed by atoms with E-state index in [2.05, 4.69) is 41.0 Å². The summed E-state index contributed by atoms with van der Waals surface area (Å²) in [6, 6.07) is 5.99. The van der Waals surface area contributed by atoms with Crippen molar-refractivity contribution >= 4 is 29.9 Å². The average Bonchev–Trinajstić information content (AvgIpc) is 2.64. The van der Waals surface area contributed by atoms with Crippen molar-refractivity contribution in [1.82, 2.24) is 15.5 Å². The predicted molar refractivity (Wildman–Crippen MR) is 127 cm³/mol. The first-order valence-electron chi connectivity index (χ1n) is 9.80. The SMILES string of the molecule is C=C(C)CN1CCC(NC(=NCCc2cccc(OC)c2O)NCC)CC1.I. The molecule has 3 N–H and O–H groups in total. The Kier molecular flexibility index (Phi) is 11.3. The van der Waals surface area contributed by atoms with Gasteiger partial charge in [-0.25, -0.2) is 0 Å². The number of hydrogen-bond donors (Lipinski definition) is 3. The number of nitrogens with zero attached hydrogens (tertiary/aromatic N) is 2. The number of guanidine groups is 1. The maximum absolute atomic E-state index is 10.2. The first-order chi connectivity index (χ1) is 13.0. The van der Waals surface area contributed by atoms with Crippen molar-refractivity contribution in [1.29, 1.82) is 0 Å². The fourth-order valence-corrected chi connectivity index (χ4v) is 3.35. The fraction of sp³-hybridized carbons (Fsp3) is 0.571. The number of aromatic hydroxyl groups is 1. The van der Waals surface area contributed by atoms with Crippen LogP contribution in [0.3, 0.4) is 0 Å². The molecule has 1 aromatic rings. The van der Waals surface area contributed by atoms with Gasteiger partial charge in [0.25, 0.3) is 0 Å². The highest BCUT2D eigenvalue weighted by Gasteiger charge is 2.19. The quantitative estimate of drug-likeness (QED) is 0.221. The molecule has 1 saturated heterocycles. The van der Waals surface area contributed by atoms with Gasteiger partial charge >= 0.3 is 0 Å². The number of piperidine rings is 1. The summed E-state index contributed by atoms with van der Waals surface area (Å²) < 4.78 is 5.16. The lowest BCUT2D eigenvalue weighted by Crippen LogP contribution is -2.48. The molecule has 0 aromatic heterocycles. The number of nitrogens with one attached hydrogen (secondary N) is 2. The number of halogens is 1. The molecule has 1 heterocycles. The van der Waals surface area contributed by atoms with Crippen molar-refractivity contribution in [2.24, 2.45) is 4.99 Å². The number of rotatable bonds is 8. The summed E-state index contributed by atoms with van der Waals surface area (Å²) in [5, 5.41) is 17.1. The van der Waals surface area contributed by atoms with E-state index in [1.165, 1.54) is 5.57 Å². The Hall–Kier alpha value is -1.48. The van der Waals surface area contributed by atoms with Gasteiger partial charge in [-0.2, -0.15) is 0 Å². The molecule has 1 aliphatic rings. The normalized spacial score (nSPS) is 15.6. The van der Waals surface area contributed by atoms with Crippen molar-refractivity contribution in [3.8, 4) is 11.5 Å². The number of phenolic OH excluding ortho intramolecular Hbond substituents is 1. The molecule has 0 unspecified atom stereocenters. The number of ether oxygens (including phenoxy) is 1. The third kappa shape index (κ3) is 7.87. The fourth-order valence-electron chi connectivity index (χ4n) is 3.35. The Morgan fingerprint density at radius 2 is 2.07 bits per heavy atom. The van der Waals surface area contributed by atoms with Crippen LogP contribution in [0.1, 0.15) is 32.3 Å². The first kappa shape index (κ1) is 24.6. The van der Waals surface area contributed by atoms with Gasteiger partial charge in [0.2, 0.25) is 0 Å². The number of hydrogen-bond acceptors (Lipinski definition) is 4. The van der Waals surface area contributed by atoms with E-state index in [0.717, 1.165) is 50.5 Å². The van der Waals surface area contributed by atoms with Gasteiger partial charge in [-0.05, 0) is 44.7 Å². The summed E-state index contributed by atoms with van der Waals surface area (Å²) in [6.07, 6.45) is 2.87. The molecule has 1 aromatic carbocycles. The molecule has 1 fully saturated rings. The minimum absolute atomic E-state index is 0. The number of likely N-dealkylation sites (tertiary alicyclic amines) is 1. The molecule has 0 aliphatic carbocycles. The lowest BCUT2D eigenvalue weighted by atomic mass is 10.0. The van der Waals surface area contributed by atoms with Gasteiger partial charge in [-0.15, -0.1) is 24.0 Å². The Balaban J connectivity index is 0.00000392. The van der Waals surface area contributed by atoms with Crippen molar-refractivity contribution < 1.29 is 9.84 Å². The molecular formula is C21H35IN4O2. The molecular weight excluding hydrogens is 467 g/mol. The van der Waals surface area contributed by atoms with Gasteiger partial charge < -0.3 is 20.5 Å². The number of phenols is 1. The maximum Gasteiger partial charge on any atom is 0.191 e. The molecule has 28 heavy (non-hydrogen) atoms. The van der Waals surface area contributed by atoms with Crippen LogP contribution in [0.2, 0.25) is 0 Å². The summed E-state index contributed by atoms with van der Waals surface area (Å²) in [4.78, 5) is 7.14. The summed E-state index contributed by atoms with van der Waals surface area (Å²) in [7, 11) is 1.56. The Labute approximate surface area is 186 Å². The van der Waals surface area contributed by atoms with Crippen molar-refractivity contribution in [2.75, 3.05) is 39.8 Å². The zero-order valence-corrected chi connectivity index (χ0v) is 19.7. The Morgan fingerprint density at radius 1 is 1.36 bits per heavy atom. The minimum atomic E-state index is 0. The number of benzene rings is 1. The molecule has 0 bridgehead atoms. The van der Waals surface area contributed by atoms with Gasteiger partial charge in [0, 0.05) is 38.8 Å². The second-order valence-electron chi connectivity index (χ2n) is 7.13. The number of para-hydroxylation sites is 1. The van der Waals surface area contributed by atoms with E-state index in [1.54, 1.807) is 13.2 Å². The number of aliphatic imine (C=N–C) groups is 1. The van der Waals surface area contributed by atoms with Gasteiger partial charge in [-0.1, -0.05) is 24.3 Å². The van der Waals surface area contributed by atoms with Crippen molar-refractivity contribution in [2.45, 2.75) is 39.2 Å². The Bertz CT molecular complexity index is 643. The zero-order valence-electron chi connectivity index (χ0n) is 17.3. The van der Waals surface area contributed by atoms with Crippen LogP contribution in [0.4, 0.5) is 0 Å². The highest BCUT2D eigenvalue weighted by Crippen LogP contribution is 2.29. The molecule has 7 heteroatoms. The summed E-state index contributed by atoms with van der Waals surface area (Å²) >= 11 is 0. The lowest BCUT2D eigenvalue weighted by Gasteiger charge is -2.33. The standard InChI is InChI=1S/C21H34N4O2.HI/c1-5-22-21(24-18-10-13-25(14-11-18)15-16(2)3)23-12-9-17-7-6-8-19(27-4)20(17)26;/h6-8,18,26H,2,5,9-15H2,1,3-4H3,(H2,22,23,24);1H. The molecule has 0 amide bonds. The smallest absolute Gasteiger partial charge is 0.191 e. The van der Waals surface area contributed by atoms with Crippen LogP contribution in [-0.4, -0.2) is 61.8 Å².